The van der Waals surface area contributed by atoms with E-state index in [2.05, 4.69) is 0 Å². The molecule has 0 aromatic heterocycles. The second kappa shape index (κ2) is 8.59. The molecule has 2 fully saturated rings. The van der Waals surface area contributed by atoms with E-state index in [1.54, 1.807) is 24.1 Å². The third kappa shape index (κ3) is 4.21. The summed E-state index contributed by atoms with van der Waals surface area (Å²) in [4.78, 5) is 27.6. The fourth-order valence-electron chi connectivity index (χ4n) is 3.80. The van der Waals surface area contributed by atoms with Gasteiger partial charge in [-0.15, -0.1) is 0 Å². The number of rotatable bonds is 6. The fraction of sp³-hybridized carbons (Fsp3) is 0.579. The molecular formula is C19H27N3O5S. The smallest absolute Gasteiger partial charge is 0.243 e. The molecule has 2 heterocycles. The Morgan fingerprint density at radius 1 is 1.21 bits per heavy atom. The van der Waals surface area contributed by atoms with Crippen molar-refractivity contribution in [2.75, 3.05) is 44.7 Å². The van der Waals surface area contributed by atoms with Crippen molar-refractivity contribution in [2.24, 2.45) is 5.92 Å². The molecule has 2 amide bonds. The molecule has 1 atom stereocenters. The number of nitrogens with zero attached hydrogens (tertiary/aromatic N) is 3. The lowest BCUT2D eigenvalue weighted by atomic mass is 9.98. The summed E-state index contributed by atoms with van der Waals surface area (Å²) in [6.07, 6.45) is 2.58. The van der Waals surface area contributed by atoms with Crippen LogP contribution in [0.4, 0.5) is 5.69 Å². The lowest BCUT2D eigenvalue weighted by Crippen LogP contribution is -2.46. The van der Waals surface area contributed by atoms with Gasteiger partial charge in [0.15, 0.2) is 0 Å². The number of aliphatic hydroxyl groups excluding tert-OH is 1. The Kier molecular flexibility index (Phi) is 6.36. The van der Waals surface area contributed by atoms with Gasteiger partial charge in [-0.1, -0.05) is 0 Å². The van der Waals surface area contributed by atoms with Crippen LogP contribution < -0.4 is 4.90 Å². The number of anilines is 1. The van der Waals surface area contributed by atoms with E-state index >= 15 is 0 Å². The third-order valence-corrected chi connectivity index (χ3v) is 7.28. The summed E-state index contributed by atoms with van der Waals surface area (Å²) in [5, 5.41) is 9.01. The fourth-order valence-corrected chi connectivity index (χ4v) is 5.33. The monoisotopic (exact) mass is 409 g/mol. The maximum Gasteiger partial charge on any atom is 0.243 e. The number of piperidine rings is 1. The van der Waals surface area contributed by atoms with Crippen LogP contribution in [0.25, 0.3) is 0 Å². The molecule has 3 rings (SSSR count). The highest BCUT2D eigenvalue weighted by Gasteiger charge is 2.34. The zero-order chi connectivity index (χ0) is 20.3. The maximum absolute atomic E-state index is 13.0. The molecule has 8 nitrogen and oxygen atoms in total. The summed E-state index contributed by atoms with van der Waals surface area (Å²) >= 11 is 0. The largest absolute Gasteiger partial charge is 0.395 e. The highest BCUT2D eigenvalue weighted by atomic mass is 32.2. The van der Waals surface area contributed by atoms with Gasteiger partial charge >= 0.3 is 0 Å². The molecule has 0 aliphatic carbocycles. The van der Waals surface area contributed by atoms with Gasteiger partial charge in [-0.25, -0.2) is 8.42 Å². The quantitative estimate of drug-likeness (QED) is 0.745. The molecule has 1 aromatic carbocycles. The standard InChI is InChI=1S/C19H27N3O5S/c1-20(12-13-23)19(25)15-4-2-10-21(14-15)28(26,27)17-8-6-16(7-9-17)22-11-3-5-18(22)24/h6-9,15,23H,2-5,10-14H2,1H3. The second-order valence-electron chi connectivity index (χ2n) is 7.33. The van der Waals surface area contributed by atoms with E-state index in [1.165, 1.54) is 21.3 Å². The maximum atomic E-state index is 13.0. The van der Waals surface area contributed by atoms with E-state index in [9.17, 15) is 18.0 Å². The molecule has 0 saturated carbocycles. The number of likely N-dealkylation sites (N-methyl/N-ethyl adjacent to an activating group) is 1. The summed E-state index contributed by atoms with van der Waals surface area (Å²) in [5.74, 6) is -0.488. The number of hydrogen-bond donors (Lipinski definition) is 1. The van der Waals surface area contributed by atoms with Crippen molar-refractivity contribution in [3.63, 3.8) is 0 Å². The van der Waals surface area contributed by atoms with Crippen molar-refractivity contribution >= 4 is 27.5 Å². The van der Waals surface area contributed by atoms with E-state index in [1.807, 2.05) is 0 Å². The molecule has 2 aliphatic rings. The molecule has 2 aliphatic heterocycles. The van der Waals surface area contributed by atoms with Gasteiger partial charge in [-0.2, -0.15) is 4.31 Å². The molecule has 2 saturated heterocycles. The van der Waals surface area contributed by atoms with Crippen LogP contribution in [-0.4, -0.2) is 74.4 Å². The van der Waals surface area contributed by atoms with Crippen LogP contribution in [0.3, 0.4) is 0 Å². The van der Waals surface area contributed by atoms with Crippen molar-refractivity contribution < 1.29 is 23.1 Å². The van der Waals surface area contributed by atoms with Crippen LogP contribution in [0, 0.1) is 5.92 Å². The van der Waals surface area contributed by atoms with Crippen LogP contribution in [-0.2, 0) is 19.6 Å². The van der Waals surface area contributed by atoms with E-state index in [0.717, 1.165) is 6.42 Å². The van der Waals surface area contributed by atoms with E-state index < -0.39 is 15.9 Å². The SMILES string of the molecule is CN(CCO)C(=O)C1CCCN(S(=O)(=O)c2ccc(N3CCCC3=O)cc2)C1. The van der Waals surface area contributed by atoms with Crippen LogP contribution in [0.15, 0.2) is 29.2 Å². The predicted molar refractivity (Wildman–Crippen MR) is 104 cm³/mol. The van der Waals surface area contributed by atoms with Gasteiger partial charge in [0.25, 0.3) is 0 Å². The number of hydrogen-bond acceptors (Lipinski definition) is 5. The number of benzene rings is 1. The van der Waals surface area contributed by atoms with Crippen molar-refractivity contribution in [2.45, 2.75) is 30.6 Å². The Hall–Kier alpha value is -1.97. The summed E-state index contributed by atoms with van der Waals surface area (Å²) in [6.45, 7) is 1.29. The highest BCUT2D eigenvalue weighted by Crippen LogP contribution is 2.27. The van der Waals surface area contributed by atoms with Crippen LogP contribution in [0.5, 0.6) is 0 Å². The lowest BCUT2D eigenvalue weighted by Gasteiger charge is -2.33. The molecule has 0 spiro atoms. The van der Waals surface area contributed by atoms with Gasteiger partial charge in [-0.05, 0) is 43.5 Å². The molecule has 0 bridgehead atoms. The molecule has 1 N–H and O–H groups in total. The number of carbonyl (C=O) groups is 2. The molecule has 9 heteroatoms. The Morgan fingerprint density at radius 3 is 2.54 bits per heavy atom. The molecule has 1 aromatic rings. The zero-order valence-electron chi connectivity index (χ0n) is 16.1. The van der Waals surface area contributed by atoms with Gasteiger partial charge in [0.1, 0.15) is 0 Å². The van der Waals surface area contributed by atoms with Crippen molar-refractivity contribution in [3.8, 4) is 0 Å². The summed E-state index contributed by atoms with van der Waals surface area (Å²) in [6, 6.07) is 6.38. The van der Waals surface area contributed by atoms with E-state index in [4.69, 9.17) is 5.11 Å². The van der Waals surface area contributed by atoms with Gasteiger partial charge in [-0.3, -0.25) is 9.59 Å². The molecular weight excluding hydrogens is 382 g/mol. The number of sulfonamides is 1. The predicted octanol–water partition coefficient (Wildman–Crippen LogP) is 0.665. The first-order valence-corrected chi connectivity index (χ1v) is 11.0. The lowest BCUT2D eigenvalue weighted by molar-refractivity contribution is -0.135. The average Bonchev–Trinajstić information content (AvgIpc) is 3.13. The van der Waals surface area contributed by atoms with Gasteiger partial charge in [0, 0.05) is 45.3 Å². The zero-order valence-corrected chi connectivity index (χ0v) is 16.9. The summed E-state index contributed by atoms with van der Waals surface area (Å²) in [7, 11) is -2.10. The number of aliphatic hydroxyl groups is 1. The minimum Gasteiger partial charge on any atom is -0.395 e. The Balaban J connectivity index is 1.73. The minimum absolute atomic E-state index is 0.0555. The van der Waals surface area contributed by atoms with Gasteiger partial charge < -0.3 is 14.9 Å². The highest BCUT2D eigenvalue weighted by molar-refractivity contribution is 7.89. The Labute approximate surface area is 165 Å². The van der Waals surface area contributed by atoms with Crippen molar-refractivity contribution in [1.29, 1.82) is 0 Å². The van der Waals surface area contributed by atoms with Gasteiger partial charge in [0.05, 0.1) is 17.4 Å². The Morgan fingerprint density at radius 2 is 1.93 bits per heavy atom. The normalized spacial score (nSPS) is 21.1. The topological polar surface area (TPSA) is 98.2 Å². The molecule has 154 valence electrons. The van der Waals surface area contributed by atoms with E-state index in [0.29, 0.717) is 38.0 Å². The summed E-state index contributed by atoms with van der Waals surface area (Å²) < 4.78 is 27.4. The van der Waals surface area contributed by atoms with Crippen LogP contribution >= 0.6 is 0 Å². The second-order valence-corrected chi connectivity index (χ2v) is 9.27. The molecule has 1 unspecified atom stereocenters. The van der Waals surface area contributed by atoms with E-state index in [-0.39, 0.29) is 36.4 Å². The van der Waals surface area contributed by atoms with Crippen molar-refractivity contribution in [3.05, 3.63) is 24.3 Å². The summed E-state index contributed by atoms with van der Waals surface area (Å²) in [5.41, 5.74) is 0.707. The van der Waals surface area contributed by atoms with Crippen LogP contribution in [0.2, 0.25) is 0 Å². The van der Waals surface area contributed by atoms with Crippen LogP contribution in [0.1, 0.15) is 25.7 Å². The van der Waals surface area contributed by atoms with Crippen molar-refractivity contribution in [1.82, 2.24) is 9.21 Å². The average molecular weight is 410 g/mol. The minimum atomic E-state index is -3.71. The molecule has 28 heavy (non-hydrogen) atoms. The Bertz CT molecular complexity index is 824. The number of carbonyl (C=O) groups excluding carboxylic acids is 2. The first kappa shape index (κ1) is 20.8. The molecule has 0 radical (unpaired) electrons. The first-order valence-electron chi connectivity index (χ1n) is 9.61. The number of amides is 2. The first-order chi connectivity index (χ1) is 13.3. The third-order valence-electron chi connectivity index (χ3n) is 5.40. The van der Waals surface area contributed by atoms with Gasteiger partial charge in [0.2, 0.25) is 21.8 Å².